The molecular formula is C17H10ClNO2S. The first-order chi connectivity index (χ1) is 10.6. The molecule has 1 amide bonds. The molecule has 2 aromatic carbocycles. The zero-order valence-electron chi connectivity index (χ0n) is 11.3. The minimum absolute atomic E-state index is 0.0157. The molecule has 5 heteroatoms. The molecule has 3 nitrogen and oxygen atoms in total. The highest BCUT2D eigenvalue weighted by Crippen LogP contribution is 2.48. The molecule has 0 unspecified atom stereocenters. The maximum Gasteiger partial charge on any atom is 0.284 e. The third kappa shape index (κ3) is 1.99. The van der Waals surface area contributed by atoms with Crippen LogP contribution in [-0.2, 0) is 0 Å². The van der Waals surface area contributed by atoms with E-state index in [1.165, 1.54) is 0 Å². The van der Waals surface area contributed by atoms with Crippen molar-refractivity contribution in [3.63, 3.8) is 0 Å². The Morgan fingerprint density at radius 2 is 1.64 bits per heavy atom. The summed E-state index contributed by atoms with van der Waals surface area (Å²) in [5, 5.41) is 3.01. The van der Waals surface area contributed by atoms with Gasteiger partial charge in [-0.25, -0.2) is 0 Å². The summed E-state index contributed by atoms with van der Waals surface area (Å²) in [6.45, 7) is 0. The Balaban J connectivity index is 1.88. The van der Waals surface area contributed by atoms with E-state index in [2.05, 4.69) is 5.32 Å². The largest absolute Gasteiger partial charge is 0.316 e. The fourth-order valence-corrected chi connectivity index (χ4v) is 3.99. The fourth-order valence-electron chi connectivity index (χ4n) is 2.86. The van der Waals surface area contributed by atoms with Gasteiger partial charge in [-0.15, -0.1) is 0 Å². The Hall–Kier alpha value is -2.04. The lowest BCUT2D eigenvalue weighted by molar-refractivity contribution is 0.103. The van der Waals surface area contributed by atoms with Crippen molar-refractivity contribution < 1.29 is 9.59 Å². The number of fused-ring (bicyclic) bond motifs is 2. The van der Waals surface area contributed by atoms with Crippen LogP contribution in [0.1, 0.15) is 26.7 Å². The second-order valence-electron chi connectivity index (χ2n) is 5.13. The number of carbonyl (C=O) groups excluding carboxylic acids is 2. The molecule has 2 aliphatic rings. The molecule has 0 saturated heterocycles. The third-order valence-electron chi connectivity index (χ3n) is 3.84. The van der Waals surface area contributed by atoms with Gasteiger partial charge >= 0.3 is 0 Å². The molecule has 108 valence electrons. The number of nitrogens with one attached hydrogen (secondary N) is 1. The van der Waals surface area contributed by atoms with Crippen molar-refractivity contribution in [2.45, 2.75) is 5.25 Å². The van der Waals surface area contributed by atoms with Crippen LogP contribution in [0.2, 0.25) is 5.02 Å². The quantitative estimate of drug-likeness (QED) is 0.842. The predicted molar refractivity (Wildman–Crippen MR) is 88.0 cm³/mol. The molecule has 0 bridgehead atoms. The van der Waals surface area contributed by atoms with Crippen LogP contribution in [0.3, 0.4) is 0 Å². The van der Waals surface area contributed by atoms with E-state index in [1.54, 1.807) is 18.2 Å². The van der Waals surface area contributed by atoms with Gasteiger partial charge in [0.25, 0.3) is 5.24 Å². The molecule has 4 rings (SSSR count). The van der Waals surface area contributed by atoms with Crippen molar-refractivity contribution in [1.82, 2.24) is 5.32 Å². The van der Waals surface area contributed by atoms with Crippen LogP contribution in [0, 0.1) is 0 Å². The number of amides is 1. The summed E-state index contributed by atoms with van der Waals surface area (Å²) in [5.74, 6) is -0.0157. The van der Waals surface area contributed by atoms with Gasteiger partial charge < -0.3 is 5.32 Å². The Kier molecular flexibility index (Phi) is 3.10. The standard InChI is InChI=1S/C17H10ClNO2S/c18-10-7-5-9(6-8-10)16-13-14(19-17(21)22-16)11-3-1-2-4-12(11)15(13)20/h1-8,16H,(H,19,21)/t16-/m1/s1. The molecule has 0 aromatic heterocycles. The van der Waals surface area contributed by atoms with Crippen molar-refractivity contribution in [3.8, 4) is 0 Å². The SMILES string of the molecule is O=C1NC2=C(C(=O)c3ccccc32)[C@@H](c2ccc(Cl)cc2)S1. The van der Waals surface area contributed by atoms with Crippen LogP contribution in [-0.4, -0.2) is 11.0 Å². The van der Waals surface area contributed by atoms with Gasteiger partial charge in [-0.3, -0.25) is 9.59 Å². The van der Waals surface area contributed by atoms with Gasteiger partial charge in [0.2, 0.25) is 0 Å². The topological polar surface area (TPSA) is 46.2 Å². The molecule has 1 aliphatic carbocycles. The number of Topliss-reactive ketones (excluding diaryl/α,β-unsaturated/α-hetero) is 1. The molecule has 1 atom stereocenters. The summed E-state index contributed by atoms with van der Waals surface area (Å²) in [7, 11) is 0. The average molecular weight is 328 g/mol. The summed E-state index contributed by atoms with van der Waals surface area (Å²) >= 11 is 7.05. The highest BCUT2D eigenvalue weighted by molar-refractivity contribution is 8.14. The first kappa shape index (κ1) is 13.6. The molecule has 0 fully saturated rings. The average Bonchev–Trinajstić information content (AvgIpc) is 2.81. The zero-order valence-corrected chi connectivity index (χ0v) is 12.9. The van der Waals surface area contributed by atoms with E-state index < -0.39 is 0 Å². The second kappa shape index (κ2) is 5.00. The Labute approximate surface area is 136 Å². The highest BCUT2D eigenvalue weighted by atomic mass is 35.5. The molecule has 22 heavy (non-hydrogen) atoms. The zero-order chi connectivity index (χ0) is 15.3. The smallest absolute Gasteiger partial charge is 0.284 e. The fraction of sp³-hybridized carbons (Fsp3) is 0.0588. The number of ketones is 1. The molecule has 0 spiro atoms. The van der Waals surface area contributed by atoms with Crippen molar-refractivity contribution in [2.24, 2.45) is 0 Å². The van der Waals surface area contributed by atoms with E-state index in [9.17, 15) is 9.59 Å². The predicted octanol–water partition coefficient (Wildman–Crippen LogP) is 4.45. The van der Waals surface area contributed by atoms with E-state index in [4.69, 9.17) is 11.6 Å². The maximum absolute atomic E-state index is 12.7. The lowest BCUT2D eigenvalue weighted by Crippen LogP contribution is -2.25. The minimum Gasteiger partial charge on any atom is -0.316 e. The van der Waals surface area contributed by atoms with E-state index >= 15 is 0 Å². The number of hydrogen-bond acceptors (Lipinski definition) is 3. The van der Waals surface area contributed by atoms with Gasteiger partial charge in [0, 0.05) is 21.7 Å². The molecule has 1 N–H and O–H groups in total. The van der Waals surface area contributed by atoms with E-state index in [0.29, 0.717) is 21.9 Å². The normalized spacial score (nSPS) is 19.8. The van der Waals surface area contributed by atoms with Crippen molar-refractivity contribution in [2.75, 3.05) is 0 Å². The lowest BCUT2D eigenvalue weighted by Gasteiger charge is -2.23. The van der Waals surface area contributed by atoms with Crippen LogP contribution in [0.15, 0.2) is 54.1 Å². The molecular weight excluding hydrogens is 318 g/mol. The van der Waals surface area contributed by atoms with E-state index in [1.807, 2.05) is 30.3 Å². The molecule has 0 radical (unpaired) electrons. The minimum atomic E-state index is -0.305. The lowest BCUT2D eigenvalue weighted by atomic mass is 10.0. The number of thioether (sulfide) groups is 1. The van der Waals surface area contributed by atoms with Crippen molar-refractivity contribution in [1.29, 1.82) is 0 Å². The number of benzene rings is 2. The molecule has 2 aromatic rings. The third-order valence-corrected chi connectivity index (χ3v) is 5.15. The first-order valence-electron chi connectivity index (χ1n) is 6.76. The summed E-state index contributed by atoms with van der Waals surface area (Å²) in [5.41, 5.74) is 3.64. The van der Waals surface area contributed by atoms with Gasteiger partial charge in [-0.1, -0.05) is 59.8 Å². The second-order valence-corrected chi connectivity index (χ2v) is 6.64. The summed E-state index contributed by atoms with van der Waals surface area (Å²) in [6, 6.07) is 14.6. The molecule has 1 heterocycles. The number of hydrogen-bond donors (Lipinski definition) is 1. The Morgan fingerprint density at radius 1 is 0.955 bits per heavy atom. The van der Waals surface area contributed by atoms with Gasteiger partial charge in [-0.2, -0.15) is 0 Å². The van der Waals surface area contributed by atoms with Gasteiger partial charge in [-0.05, 0) is 17.7 Å². The number of halogens is 1. The van der Waals surface area contributed by atoms with E-state index in [-0.39, 0.29) is 16.3 Å². The first-order valence-corrected chi connectivity index (χ1v) is 8.02. The van der Waals surface area contributed by atoms with Gasteiger partial charge in [0.1, 0.15) is 0 Å². The van der Waals surface area contributed by atoms with Crippen molar-refractivity contribution in [3.05, 3.63) is 75.8 Å². The number of carbonyl (C=O) groups is 2. The molecule has 1 aliphatic heterocycles. The number of rotatable bonds is 1. The van der Waals surface area contributed by atoms with Crippen LogP contribution in [0.4, 0.5) is 4.79 Å². The van der Waals surface area contributed by atoms with Crippen LogP contribution < -0.4 is 5.32 Å². The Morgan fingerprint density at radius 3 is 2.36 bits per heavy atom. The highest BCUT2D eigenvalue weighted by Gasteiger charge is 2.40. The maximum atomic E-state index is 12.7. The molecule has 0 saturated carbocycles. The summed E-state index contributed by atoms with van der Waals surface area (Å²) in [6.07, 6.45) is 0. The van der Waals surface area contributed by atoms with Crippen LogP contribution in [0.5, 0.6) is 0 Å². The monoisotopic (exact) mass is 327 g/mol. The van der Waals surface area contributed by atoms with Crippen LogP contribution >= 0.6 is 23.4 Å². The van der Waals surface area contributed by atoms with Crippen LogP contribution in [0.25, 0.3) is 5.70 Å². The summed E-state index contributed by atoms with van der Waals surface area (Å²) < 4.78 is 0. The Bertz CT molecular complexity index is 842. The summed E-state index contributed by atoms with van der Waals surface area (Å²) in [4.78, 5) is 24.8. The van der Waals surface area contributed by atoms with E-state index in [0.717, 1.165) is 22.9 Å². The van der Waals surface area contributed by atoms with Gasteiger partial charge in [0.05, 0.1) is 10.9 Å². The van der Waals surface area contributed by atoms with Crippen molar-refractivity contribution >= 4 is 40.1 Å². The van der Waals surface area contributed by atoms with Gasteiger partial charge in [0.15, 0.2) is 5.78 Å².